The summed E-state index contributed by atoms with van der Waals surface area (Å²) in [6.45, 7) is 3.19. The van der Waals surface area contributed by atoms with Gasteiger partial charge in [-0.15, -0.1) is 0 Å². The van der Waals surface area contributed by atoms with Crippen molar-refractivity contribution >= 4 is 11.9 Å². The van der Waals surface area contributed by atoms with Crippen molar-refractivity contribution in [1.82, 2.24) is 4.90 Å². The van der Waals surface area contributed by atoms with Crippen molar-refractivity contribution in [3.8, 4) is 6.07 Å². The van der Waals surface area contributed by atoms with E-state index < -0.39 is 12.1 Å². The Labute approximate surface area is 75.9 Å². The van der Waals surface area contributed by atoms with Crippen LogP contribution in [0.3, 0.4) is 0 Å². The summed E-state index contributed by atoms with van der Waals surface area (Å²) in [7, 11) is 0. The molecule has 0 radical (unpaired) electrons. The predicted octanol–water partition coefficient (Wildman–Crippen LogP) is -0.328. The number of hydrogen-bond donors (Lipinski definition) is 0. The largest absolute Gasteiger partial charge is 0.453 e. The number of rotatable bonds is 2. The summed E-state index contributed by atoms with van der Waals surface area (Å²) in [6.07, 6.45) is -0.782. The normalized spacial score (nSPS) is 21.6. The van der Waals surface area contributed by atoms with E-state index in [1.807, 2.05) is 6.07 Å². The smallest absolute Gasteiger partial charge is 0.303 e. The maximum absolute atomic E-state index is 11.3. The predicted molar refractivity (Wildman–Crippen MR) is 42.3 cm³/mol. The molecule has 1 amide bonds. The number of nitriles is 1. The minimum absolute atomic E-state index is 0.304. The highest BCUT2D eigenvalue weighted by Crippen LogP contribution is 2.18. The van der Waals surface area contributed by atoms with Gasteiger partial charge in [-0.3, -0.25) is 9.59 Å². The summed E-state index contributed by atoms with van der Waals surface area (Å²) in [5.74, 6) is -0.794. The van der Waals surface area contributed by atoms with E-state index in [-0.39, 0.29) is 11.9 Å². The third-order valence-electron chi connectivity index (χ3n) is 1.73. The second kappa shape index (κ2) is 3.44. The van der Waals surface area contributed by atoms with E-state index in [1.165, 1.54) is 18.7 Å². The van der Waals surface area contributed by atoms with E-state index in [0.717, 1.165) is 0 Å². The Balaban J connectivity index is 2.41. The van der Waals surface area contributed by atoms with Gasteiger partial charge in [0.15, 0.2) is 6.10 Å². The van der Waals surface area contributed by atoms with Gasteiger partial charge in [0.25, 0.3) is 5.91 Å². The topological polar surface area (TPSA) is 70.2 Å². The van der Waals surface area contributed by atoms with Crippen molar-refractivity contribution in [3.05, 3.63) is 0 Å². The van der Waals surface area contributed by atoms with Gasteiger partial charge in [-0.25, -0.2) is 0 Å². The van der Waals surface area contributed by atoms with Crippen LogP contribution in [0, 0.1) is 11.3 Å². The molecule has 0 saturated carbocycles. The Kier molecular flexibility index (Phi) is 2.52. The zero-order valence-corrected chi connectivity index (χ0v) is 7.48. The molecule has 2 atom stereocenters. The molecule has 1 fully saturated rings. The average Bonchev–Trinajstić information content (AvgIpc) is 2.80. The maximum atomic E-state index is 11.3. The van der Waals surface area contributed by atoms with Crippen LogP contribution < -0.4 is 0 Å². The van der Waals surface area contributed by atoms with E-state index in [0.29, 0.717) is 6.54 Å². The Hall–Kier alpha value is -1.57. The summed E-state index contributed by atoms with van der Waals surface area (Å²) in [4.78, 5) is 23.2. The number of hydrogen-bond acceptors (Lipinski definition) is 4. The van der Waals surface area contributed by atoms with Crippen molar-refractivity contribution in [2.24, 2.45) is 0 Å². The molecule has 0 aromatic heterocycles. The van der Waals surface area contributed by atoms with E-state index in [4.69, 9.17) is 5.26 Å². The molecule has 5 nitrogen and oxygen atoms in total. The lowest BCUT2D eigenvalue weighted by Gasteiger charge is -2.10. The quantitative estimate of drug-likeness (QED) is 0.433. The molecule has 0 bridgehead atoms. The molecule has 5 heteroatoms. The number of esters is 1. The molecule has 1 aliphatic rings. The number of ether oxygens (including phenoxy) is 1. The van der Waals surface area contributed by atoms with E-state index in [2.05, 4.69) is 4.74 Å². The van der Waals surface area contributed by atoms with Crippen LogP contribution in [0.4, 0.5) is 0 Å². The zero-order chi connectivity index (χ0) is 10.0. The molecule has 0 spiro atoms. The van der Waals surface area contributed by atoms with Gasteiger partial charge in [0.1, 0.15) is 6.04 Å². The fourth-order valence-corrected chi connectivity index (χ4v) is 1.03. The average molecular weight is 182 g/mol. The van der Waals surface area contributed by atoms with E-state index >= 15 is 0 Å². The Bertz CT molecular complexity index is 282. The fourth-order valence-electron chi connectivity index (χ4n) is 1.03. The van der Waals surface area contributed by atoms with Crippen molar-refractivity contribution in [2.75, 3.05) is 6.54 Å². The maximum Gasteiger partial charge on any atom is 0.303 e. The highest BCUT2D eigenvalue weighted by atomic mass is 16.5. The van der Waals surface area contributed by atoms with Crippen molar-refractivity contribution in [2.45, 2.75) is 26.0 Å². The summed E-state index contributed by atoms with van der Waals surface area (Å²) in [5.41, 5.74) is 0. The van der Waals surface area contributed by atoms with Gasteiger partial charge >= 0.3 is 5.97 Å². The molecular formula is C8H10N2O3. The van der Waals surface area contributed by atoms with Crippen LogP contribution in [0.5, 0.6) is 0 Å². The monoisotopic (exact) mass is 182 g/mol. The number of amides is 1. The number of carbonyl (C=O) groups excluding carboxylic acids is 2. The fraction of sp³-hybridized carbons (Fsp3) is 0.625. The highest BCUT2D eigenvalue weighted by Gasteiger charge is 2.41. The molecule has 0 aliphatic carbocycles. The van der Waals surface area contributed by atoms with E-state index in [9.17, 15) is 9.59 Å². The van der Waals surface area contributed by atoms with Crippen LogP contribution in [0.2, 0.25) is 0 Å². The molecule has 0 aromatic carbocycles. The zero-order valence-electron chi connectivity index (χ0n) is 7.48. The van der Waals surface area contributed by atoms with Gasteiger partial charge in [0.2, 0.25) is 0 Å². The Morgan fingerprint density at radius 3 is 2.69 bits per heavy atom. The minimum atomic E-state index is -0.782. The van der Waals surface area contributed by atoms with Crippen LogP contribution in [-0.4, -0.2) is 35.5 Å². The third-order valence-corrected chi connectivity index (χ3v) is 1.73. The lowest BCUT2D eigenvalue weighted by atomic mass is 10.4. The molecular weight excluding hydrogens is 172 g/mol. The van der Waals surface area contributed by atoms with Crippen LogP contribution in [-0.2, 0) is 14.3 Å². The first-order chi connectivity index (χ1) is 6.06. The molecule has 0 N–H and O–H groups in total. The molecule has 1 rings (SSSR count). The van der Waals surface area contributed by atoms with Gasteiger partial charge in [-0.2, -0.15) is 5.26 Å². The number of carbonyl (C=O) groups is 2. The van der Waals surface area contributed by atoms with Gasteiger partial charge in [0, 0.05) is 6.92 Å². The van der Waals surface area contributed by atoms with Crippen molar-refractivity contribution in [1.29, 1.82) is 5.26 Å². The molecule has 13 heavy (non-hydrogen) atoms. The van der Waals surface area contributed by atoms with Gasteiger partial charge in [-0.05, 0) is 6.92 Å². The molecule has 2 unspecified atom stereocenters. The third kappa shape index (κ3) is 2.18. The lowest BCUT2D eigenvalue weighted by Crippen LogP contribution is -2.29. The van der Waals surface area contributed by atoms with Gasteiger partial charge < -0.3 is 9.64 Å². The van der Waals surface area contributed by atoms with E-state index in [1.54, 1.807) is 0 Å². The van der Waals surface area contributed by atoms with Crippen LogP contribution in [0.15, 0.2) is 0 Å². The SMILES string of the molecule is CC(=O)OC(C)C(=O)N1CC1C#N. The summed E-state index contributed by atoms with van der Waals surface area (Å²) < 4.78 is 4.67. The summed E-state index contributed by atoms with van der Waals surface area (Å²) in [5, 5.41) is 8.44. The molecule has 0 aromatic rings. The van der Waals surface area contributed by atoms with Crippen LogP contribution >= 0.6 is 0 Å². The second-order valence-electron chi connectivity index (χ2n) is 2.89. The van der Waals surface area contributed by atoms with Crippen LogP contribution in [0.1, 0.15) is 13.8 Å². The second-order valence-corrected chi connectivity index (χ2v) is 2.89. The Morgan fingerprint density at radius 1 is 1.69 bits per heavy atom. The van der Waals surface area contributed by atoms with Gasteiger partial charge in [0.05, 0.1) is 12.6 Å². The Morgan fingerprint density at radius 2 is 2.31 bits per heavy atom. The summed E-state index contributed by atoms with van der Waals surface area (Å²) >= 11 is 0. The van der Waals surface area contributed by atoms with Crippen molar-refractivity contribution < 1.29 is 14.3 Å². The minimum Gasteiger partial charge on any atom is -0.453 e. The summed E-state index contributed by atoms with van der Waals surface area (Å²) in [6, 6.07) is 1.61. The first-order valence-corrected chi connectivity index (χ1v) is 3.93. The molecule has 1 saturated heterocycles. The first kappa shape index (κ1) is 9.52. The number of nitrogens with zero attached hydrogens (tertiary/aromatic N) is 2. The van der Waals surface area contributed by atoms with Crippen LogP contribution in [0.25, 0.3) is 0 Å². The standard InChI is InChI=1S/C8H10N2O3/c1-5(13-6(2)11)8(12)10-4-7(10)3-9/h5,7H,4H2,1-2H3. The molecule has 70 valence electrons. The first-order valence-electron chi connectivity index (χ1n) is 3.93. The molecule has 1 aliphatic heterocycles. The molecule has 1 heterocycles. The van der Waals surface area contributed by atoms with Crippen molar-refractivity contribution in [3.63, 3.8) is 0 Å². The van der Waals surface area contributed by atoms with Gasteiger partial charge in [-0.1, -0.05) is 0 Å². The highest BCUT2D eigenvalue weighted by molar-refractivity contribution is 5.85. The lowest BCUT2D eigenvalue weighted by molar-refractivity contribution is -0.154.